The summed E-state index contributed by atoms with van der Waals surface area (Å²) < 4.78 is 4.97. The molecule has 0 aromatic rings. The van der Waals surface area contributed by atoms with Gasteiger partial charge in [-0.15, -0.1) is 0 Å². The van der Waals surface area contributed by atoms with Crippen LogP contribution in [-0.4, -0.2) is 21.8 Å². The van der Waals surface area contributed by atoms with Crippen LogP contribution in [0.5, 0.6) is 0 Å². The maximum absolute atomic E-state index is 4.97. The molecule has 0 saturated heterocycles. The predicted octanol–water partition coefficient (Wildman–Crippen LogP) is 2.75. The van der Waals surface area contributed by atoms with E-state index in [-0.39, 0.29) is 0 Å². The molecule has 0 spiro atoms. The van der Waals surface area contributed by atoms with Crippen LogP contribution in [0.15, 0.2) is 0 Å². The van der Waals surface area contributed by atoms with Crippen molar-refractivity contribution < 1.29 is 4.74 Å². The van der Waals surface area contributed by atoms with Crippen molar-refractivity contribution in [1.82, 2.24) is 0 Å². The molecule has 0 aliphatic heterocycles. The van der Waals surface area contributed by atoms with Crippen molar-refractivity contribution in [3.63, 3.8) is 0 Å². The molecular weight excluding hydrogens is 140 g/mol. The lowest BCUT2D eigenvalue weighted by molar-refractivity contribution is 0.194. The number of methoxy groups -OCH3 is 1. The van der Waals surface area contributed by atoms with Crippen molar-refractivity contribution in [3.05, 3.63) is 0 Å². The Bertz CT molecular complexity index is 75.8. The van der Waals surface area contributed by atoms with Gasteiger partial charge in [0.25, 0.3) is 0 Å². The molecule has 0 amide bonds. The maximum Gasteiger partial charge on any atom is 0.0462 e. The molecule has 0 radical (unpaired) electrons. The molecule has 0 N–H and O–H groups in total. The van der Waals surface area contributed by atoms with Crippen molar-refractivity contribution in [2.45, 2.75) is 38.5 Å². The molecular formula is C8H20OSi. The third kappa shape index (κ3) is 8.18. The van der Waals surface area contributed by atoms with Gasteiger partial charge in [0.05, 0.1) is 0 Å². The molecule has 0 fully saturated rings. The molecule has 1 nitrogen and oxygen atoms in total. The molecule has 0 bridgehead atoms. The van der Waals surface area contributed by atoms with Gasteiger partial charge in [0.1, 0.15) is 0 Å². The first-order valence-corrected chi connectivity index (χ1v) is 7.76. The van der Waals surface area contributed by atoms with Gasteiger partial charge in [-0.25, -0.2) is 0 Å². The molecule has 0 aliphatic rings. The quantitative estimate of drug-likeness (QED) is 0.444. The molecule has 62 valence electrons. The summed E-state index contributed by atoms with van der Waals surface area (Å²) in [5, 5.41) is 0. The van der Waals surface area contributed by atoms with Crippen LogP contribution in [0.1, 0.15) is 12.8 Å². The van der Waals surface area contributed by atoms with E-state index in [1.54, 1.807) is 7.11 Å². The fraction of sp³-hybridized carbons (Fsp3) is 1.00. The van der Waals surface area contributed by atoms with Crippen LogP contribution in [0.25, 0.3) is 0 Å². The topological polar surface area (TPSA) is 9.23 Å². The highest BCUT2D eigenvalue weighted by Gasteiger charge is 2.10. The smallest absolute Gasteiger partial charge is 0.0462 e. The largest absolute Gasteiger partial charge is 0.385 e. The molecule has 10 heavy (non-hydrogen) atoms. The van der Waals surface area contributed by atoms with E-state index in [0.29, 0.717) is 0 Å². The first kappa shape index (κ1) is 10.2. The Morgan fingerprint density at radius 3 is 2.10 bits per heavy atom. The average Bonchev–Trinajstić information content (AvgIpc) is 1.78. The summed E-state index contributed by atoms with van der Waals surface area (Å²) in [5.41, 5.74) is 0. The SMILES string of the molecule is COCCCC[Si](C)(C)C. The number of ether oxygens (including phenoxy) is 1. The third-order valence-electron chi connectivity index (χ3n) is 1.53. The van der Waals surface area contributed by atoms with Crippen LogP contribution in [-0.2, 0) is 4.74 Å². The molecule has 0 aromatic heterocycles. The molecule has 0 atom stereocenters. The van der Waals surface area contributed by atoms with Gasteiger partial charge in [0.2, 0.25) is 0 Å². The van der Waals surface area contributed by atoms with E-state index in [9.17, 15) is 0 Å². The fourth-order valence-electron chi connectivity index (χ4n) is 0.902. The van der Waals surface area contributed by atoms with Crippen molar-refractivity contribution in [2.24, 2.45) is 0 Å². The molecule has 0 saturated carbocycles. The fourth-order valence-corrected chi connectivity index (χ4v) is 2.21. The lowest BCUT2D eigenvalue weighted by Gasteiger charge is -2.14. The van der Waals surface area contributed by atoms with E-state index in [0.717, 1.165) is 6.61 Å². The minimum absolute atomic E-state index is 0.763. The van der Waals surface area contributed by atoms with Gasteiger partial charge < -0.3 is 4.74 Å². The van der Waals surface area contributed by atoms with Crippen LogP contribution in [0.4, 0.5) is 0 Å². The van der Waals surface area contributed by atoms with E-state index in [4.69, 9.17) is 4.74 Å². The minimum atomic E-state index is -0.763. The van der Waals surface area contributed by atoms with E-state index in [1.807, 2.05) is 0 Å². The zero-order chi connectivity index (χ0) is 8.04. The van der Waals surface area contributed by atoms with Gasteiger partial charge >= 0.3 is 0 Å². The first-order chi connectivity index (χ1) is 4.56. The summed E-state index contributed by atoms with van der Waals surface area (Å²) in [6.45, 7) is 8.18. The molecule has 0 rings (SSSR count). The van der Waals surface area contributed by atoms with Gasteiger partial charge in [0.15, 0.2) is 0 Å². The number of hydrogen-bond donors (Lipinski definition) is 0. The lowest BCUT2D eigenvalue weighted by atomic mass is 10.4. The number of hydrogen-bond acceptors (Lipinski definition) is 1. The highest BCUT2D eigenvalue weighted by Crippen LogP contribution is 2.12. The van der Waals surface area contributed by atoms with Crippen LogP contribution < -0.4 is 0 Å². The Morgan fingerprint density at radius 1 is 1.10 bits per heavy atom. The van der Waals surface area contributed by atoms with Crippen molar-refractivity contribution in [3.8, 4) is 0 Å². The summed E-state index contributed by atoms with van der Waals surface area (Å²) in [4.78, 5) is 0. The molecule has 2 heteroatoms. The van der Waals surface area contributed by atoms with Crippen LogP contribution in [0.3, 0.4) is 0 Å². The van der Waals surface area contributed by atoms with Crippen LogP contribution in [0.2, 0.25) is 25.7 Å². The van der Waals surface area contributed by atoms with E-state index < -0.39 is 8.07 Å². The minimum Gasteiger partial charge on any atom is -0.385 e. The van der Waals surface area contributed by atoms with Crippen molar-refractivity contribution in [1.29, 1.82) is 0 Å². The molecule has 0 aromatic carbocycles. The third-order valence-corrected chi connectivity index (χ3v) is 3.38. The summed E-state index contributed by atoms with van der Waals surface area (Å²) in [5.74, 6) is 0. The summed E-state index contributed by atoms with van der Waals surface area (Å²) >= 11 is 0. The summed E-state index contributed by atoms with van der Waals surface area (Å²) in [6.07, 6.45) is 2.59. The Hall–Kier alpha value is 0.177. The maximum atomic E-state index is 4.97. The van der Waals surface area contributed by atoms with Gasteiger partial charge in [-0.2, -0.15) is 0 Å². The molecule has 0 heterocycles. The standard InChI is InChI=1S/C8H20OSi/c1-9-7-5-6-8-10(2,3)4/h5-8H2,1-4H3. The van der Waals surface area contributed by atoms with Gasteiger partial charge in [-0.05, 0) is 6.42 Å². The monoisotopic (exact) mass is 160 g/mol. The van der Waals surface area contributed by atoms with Gasteiger partial charge in [-0.1, -0.05) is 32.1 Å². The van der Waals surface area contributed by atoms with Crippen LogP contribution >= 0.6 is 0 Å². The Kier molecular flexibility index (Phi) is 5.00. The van der Waals surface area contributed by atoms with E-state index >= 15 is 0 Å². The molecule has 0 aliphatic carbocycles. The highest BCUT2D eigenvalue weighted by atomic mass is 28.3. The zero-order valence-electron chi connectivity index (χ0n) is 7.74. The Balaban J connectivity index is 3.04. The molecule has 0 unspecified atom stereocenters. The van der Waals surface area contributed by atoms with Crippen molar-refractivity contribution in [2.75, 3.05) is 13.7 Å². The van der Waals surface area contributed by atoms with Crippen molar-refractivity contribution >= 4 is 8.07 Å². The van der Waals surface area contributed by atoms with Gasteiger partial charge in [-0.3, -0.25) is 0 Å². The summed E-state index contributed by atoms with van der Waals surface area (Å²) in [7, 11) is 1.01. The second kappa shape index (κ2) is 4.91. The Labute approximate surface area is 65.8 Å². The Morgan fingerprint density at radius 2 is 1.70 bits per heavy atom. The lowest BCUT2D eigenvalue weighted by Crippen LogP contribution is -2.18. The second-order valence-corrected chi connectivity index (χ2v) is 9.63. The normalized spacial score (nSPS) is 12.0. The number of unbranched alkanes of at least 4 members (excludes halogenated alkanes) is 1. The first-order valence-electron chi connectivity index (χ1n) is 4.05. The predicted molar refractivity (Wildman–Crippen MR) is 49.3 cm³/mol. The van der Waals surface area contributed by atoms with Crippen LogP contribution in [0, 0.1) is 0 Å². The second-order valence-electron chi connectivity index (χ2n) is 4.01. The van der Waals surface area contributed by atoms with E-state index in [2.05, 4.69) is 19.6 Å². The van der Waals surface area contributed by atoms with Gasteiger partial charge in [0, 0.05) is 21.8 Å². The summed E-state index contributed by atoms with van der Waals surface area (Å²) in [6, 6.07) is 1.44. The average molecular weight is 160 g/mol. The van der Waals surface area contributed by atoms with E-state index in [1.165, 1.54) is 18.9 Å². The number of rotatable bonds is 5. The highest BCUT2D eigenvalue weighted by molar-refractivity contribution is 6.76. The zero-order valence-corrected chi connectivity index (χ0v) is 8.74.